The number of aromatic nitrogens is 1. The van der Waals surface area contributed by atoms with Crippen LogP contribution in [0.2, 0.25) is 0 Å². The number of amides is 1. The van der Waals surface area contributed by atoms with E-state index in [0.29, 0.717) is 16.8 Å². The highest BCUT2D eigenvalue weighted by Crippen LogP contribution is 2.25. The molecule has 1 aliphatic carbocycles. The summed E-state index contributed by atoms with van der Waals surface area (Å²) in [5, 5.41) is 5.97. The van der Waals surface area contributed by atoms with Gasteiger partial charge in [-0.25, -0.2) is 0 Å². The maximum absolute atomic E-state index is 13.4. The predicted molar refractivity (Wildman–Crippen MR) is 152 cm³/mol. The lowest BCUT2D eigenvalue weighted by atomic mass is 9.93. The SMILES string of the molecule is C=C(NC)c1cc(C(=O)NC2CCC2)cn(Cc2cccc(C)c2N=CC(C)CC(=O)OC(C)(C)C)c1=O. The Labute approximate surface area is 225 Å². The molecule has 8 nitrogen and oxygen atoms in total. The fourth-order valence-electron chi connectivity index (χ4n) is 4.17. The fourth-order valence-corrected chi connectivity index (χ4v) is 4.17. The van der Waals surface area contributed by atoms with E-state index in [1.165, 1.54) is 4.57 Å². The van der Waals surface area contributed by atoms with Gasteiger partial charge in [0.25, 0.3) is 11.5 Å². The number of hydrogen-bond acceptors (Lipinski definition) is 6. The van der Waals surface area contributed by atoms with Gasteiger partial charge < -0.3 is 19.9 Å². The summed E-state index contributed by atoms with van der Waals surface area (Å²) >= 11 is 0. The molecule has 1 aliphatic rings. The highest BCUT2D eigenvalue weighted by atomic mass is 16.6. The molecule has 1 aromatic heterocycles. The van der Waals surface area contributed by atoms with E-state index in [9.17, 15) is 14.4 Å². The number of nitrogens with zero attached hydrogens (tertiary/aromatic N) is 2. The number of benzene rings is 1. The molecule has 1 saturated carbocycles. The Hall–Kier alpha value is -3.68. The number of hydrogen-bond donors (Lipinski definition) is 2. The summed E-state index contributed by atoms with van der Waals surface area (Å²) in [4.78, 5) is 43.3. The molecule has 3 rings (SSSR count). The number of para-hydroxylation sites is 1. The summed E-state index contributed by atoms with van der Waals surface area (Å²) in [5.41, 5.74) is 2.91. The van der Waals surface area contributed by atoms with E-state index in [-0.39, 0.29) is 42.4 Å². The molecule has 1 atom stereocenters. The van der Waals surface area contributed by atoms with Crippen LogP contribution >= 0.6 is 0 Å². The first-order chi connectivity index (χ1) is 17.9. The molecule has 0 spiro atoms. The van der Waals surface area contributed by atoms with Crippen LogP contribution in [0.4, 0.5) is 5.69 Å². The van der Waals surface area contributed by atoms with Gasteiger partial charge in [0.15, 0.2) is 0 Å². The molecule has 0 radical (unpaired) electrons. The van der Waals surface area contributed by atoms with E-state index in [1.54, 1.807) is 25.5 Å². The zero-order valence-electron chi connectivity index (χ0n) is 23.4. The Morgan fingerprint density at radius 2 is 2.00 bits per heavy atom. The van der Waals surface area contributed by atoms with Gasteiger partial charge in [-0.2, -0.15) is 0 Å². The van der Waals surface area contributed by atoms with Crippen LogP contribution in [0.25, 0.3) is 5.70 Å². The number of esters is 1. The number of rotatable bonds is 10. The second kappa shape index (κ2) is 12.2. The molecule has 38 heavy (non-hydrogen) atoms. The molecule has 1 aromatic carbocycles. The molecule has 0 aliphatic heterocycles. The normalized spacial score (nSPS) is 14.6. The van der Waals surface area contributed by atoms with Crippen molar-refractivity contribution in [3.05, 3.63) is 69.6 Å². The number of carbonyl (C=O) groups excluding carboxylic acids is 2. The van der Waals surface area contributed by atoms with Crippen molar-refractivity contribution in [1.82, 2.24) is 15.2 Å². The van der Waals surface area contributed by atoms with Crippen molar-refractivity contribution >= 4 is 29.5 Å². The highest BCUT2D eigenvalue weighted by molar-refractivity contribution is 5.95. The first-order valence-electron chi connectivity index (χ1n) is 13.1. The standard InChI is InChI=1S/C30H40N4O4/c1-19(14-26(35)38-30(4,5)6)16-32-27-20(2)10-8-11-22(27)17-34-18-23(28(36)33-24-12-9-13-24)15-25(29(34)37)21(3)31-7/h8,10-11,15-16,18-19,24,31H,3,9,12-14,17H2,1-2,4-7H3,(H,33,36). The number of pyridine rings is 1. The van der Waals surface area contributed by atoms with Gasteiger partial charge in [0.05, 0.1) is 29.8 Å². The predicted octanol–water partition coefficient (Wildman–Crippen LogP) is 4.75. The number of aryl methyl sites for hydroxylation is 1. The molecule has 0 bridgehead atoms. The quantitative estimate of drug-likeness (QED) is 0.348. The van der Waals surface area contributed by atoms with Gasteiger partial charge in [0.2, 0.25) is 0 Å². The first kappa shape index (κ1) is 28.9. The fraction of sp³-hybridized carbons (Fsp3) is 0.467. The van der Waals surface area contributed by atoms with Crippen LogP contribution in [0, 0.1) is 12.8 Å². The average molecular weight is 521 g/mol. The van der Waals surface area contributed by atoms with Crippen LogP contribution in [-0.4, -0.2) is 41.3 Å². The van der Waals surface area contributed by atoms with Crippen molar-refractivity contribution < 1.29 is 14.3 Å². The lowest BCUT2D eigenvalue weighted by Gasteiger charge is -2.26. The summed E-state index contributed by atoms with van der Waals surface area (Å²) in [5.74, 6) is -0.613. The Balaban J connectivity index is 1.90. The first-order valence-corrected chi connectivity index (χ1v) is 13.1. The van der Waals surface area contributed by atoms with Crippen LogP contribution < -0.4 is 16.2 Å². The van der Waals surface area contributed by atoms with Crippen LogP contribution in [0.15, 0.2) is 46.8 Å². The maximum atomic E-state index is 13.4. The Morgan fingerprint density at radius 1 is 1.29 bits per heavy atom. The molecule has 1 amide bonds. The molecule has 0 saturated heterocycles. The van der Waals surface area contributed by atoms with Crippen LogP contribution in [0.3, 0.4) is 0 Å². The van der Waals surface area contributed by atoms with Gasteiger partial charge in [-0.15, -0.1) is 0 Å². The van der Waals surface area contributed by atoms with Gasteiger partial charge >= 0.3 is 5.97 Å². The molecule has 1 unspecified atom stereocenters. The molecular formula is C30H40N4O4. The van der Waals surface area contributed by atoms with Crippen molar-refractivity contribution in [1.29, 1.82) is 0 Å². The Morgan fingerprint density at radius 3 is 2.61 bits per heavy atom. The Bertz CT molecular complexity index is 1280. The molecule has 1 heterocycles. The number of nitrogens with one attached hydrogen (secondary N) is 2. The smallest absolute Gasteiger partial charge is 0.306 e. The van der Waals surface area contributed by atoms with Crippen LogP contribution in [0.1, 0.15) is 80.4 Å². The van der Waals surface area contributed by atoms with E-state index >= 15 is 0 Å². The third-order valence-corrected chi connectivity index (χ3v) is 6.44. The van der Waals surface area contributed by atoms with E-state index in [1.807, 2.05) is 52.8 Å². The molecule has 1 fully saturated rings. The maximum Gasteiger partial charge on any atom is 0.306 e. The third-order valence-electron chi connectivity index (χ3n) is 6.44. The lowest BCUT2D eigenvalue weighted by Crippen LogP contribution is -2.40. The molecule has 204 valence electrons. The van der Waals surface area contributed by atoms with Gasteiger partial charge in [0.1, 0.15) is 5.60 Å². The van der Waals surface area contributed by atoms with Crippen LogP contribution in [0.5, 0.6) is 0 Å². The van der Waals surface area contributed by atoms with Gasteiger partial charge in [-0.05, 0) is 64.2 Å². The number of ether oxygens (including phenoxy) is 1. The zero-order chi connectivity index (χ0) is 28.0. The average Bonchev–Trinajstić information content (AvgIpc) is 2.80. The minimum atomic E-state index is -0.537. The minimum Gasteiger partial charge on any atom is -0.460 e. The Kier molecular flexibility index (Phi) is 9.31. The minimum absolute atomic E-state index is 0.135. The number of carbonyl (C=O) groups is 2. The van der Waals surface area contributed by atoms with Crippen molar-refractivity contribution in [2.75, 3.05) is 7.05 Å². The largest absolute Gasteiger partial charge is 0.460 e. The molecule has 8 heteroatoms. The summed E-state index contributed by atoms with van der Waals surface area (Å²) in [7, 11) is 1.69. The highest BCUT2D eigenvalue weighted by Gasteiger charge is 2.22. The van der Waals surface area contributed by atoms with Gasteiger partial charge in [0, 0.05) is 37.1 Å². The molecule has 2 N–H and O–H groups in total. The van der Waals surface area contributed by atoms with E-state index in [4.69, 9.17) is 9.73 Å². The molecular weight excluding hydrogens is 480 g/mol. The van der Waals surface area contributed by atoms with Crippen molar-refractivity contribution in [3.8, 4) is 0 Å². The van der Waals surface area contributed by atoms with E-state index in [0.717, 1.165) is 36.1 Å². The van der Waals surface area contributed by atoms with Crippen LogP contribution in [-0.2, 0) is 16.1 Å². The molecule has 2 aromatic rings. The van der Waals surface area contributed by atoms with Crippen molar-refractivity contribution in [2.24, 2.45) is 10.9 Å². The second-order valence-electron chi connectivity index (χ2n) is 11.0. The van der Waals surface area contributed by atoms with Gasteiger partial charge in [-0.3, -0.25) is 19.4 Å². The summed E-state index contributed by atoms with van der Waals surface area (Å²) in [6.07, 6.45) is 6.62. The lowest BCUT2D eigenvalue weighted by molar-refractivity contribution is -0.155. The van der Waals surface area contributed by atoms with Gasteiger partial charge in [-0.1, -0.05) is 31.7 Å². The van der Waals surface area contributed by atoms with Crippen molar-refractivity contribution in [3.63, 3.8) is 0 Å². The summed E-state index contributed by atoms with van der Waals surface area (Å²) < 4.78 is 6.95. The van der Waals surface area contributed by atoms with E-state index < -0.39 is 5.60 Å². The number of aliphatic imine (C=N–C) groups is 1. The summed E-state index contributed by atoms with van der Waals surface area (Å²) in [6.45, 7) is 13.6. The second-order valence-corrected chi connectivity index (χ2v) is 11.0. The summed E-state index contributed by atoms with van der Waals surface area (Å²) in [6, 6.07) is 7.56. The van der Waals surface area contributed by atoms with E-state index in [2.05, 4.69) is 17.2 Å². The monoisotopic (exact) mass is 520 g/mol. The topological polar surface area (TPSA) is 102 Å². The van der Waals surface area contributed by atoms with Crippen molar-refractivity contribution in [2.45, 2.75) is 78.5 Å². The third kappa shape index (κ3) is 7.66. The zero-order valence-corrected chi connectivity index (χ0v) is 23.4.